The smallest absolute Gasteiger partial charge is 0.308 e. The van der Waals surface area contributed by atoms with Crippen LogP contribution in [0.3, 0.4) is 0 Å². The molecule has 0 atom stereocenters. The van der Waals surface area contributed by atoms with E-state index in [-0.39, 0.29) is 24.0 Å². The first-order chi connectivity index (χ1) is 9.50. The number of carboxylic acid groups (broad SMARTS) is 1. The number of carbonyl (C=O) groups is 4. The standard InChI is InChI=1S/C13H11NO6/c15-10(16)5-6-11(17)20-7-14-12(18)8-3-1-2-4-9(8)13(14)19/h1-4H,5-7H2,(H,15,16). The van der Waals surface area contributed by atoms with Crippen molar-refractivity contribution in [2.24, 2.45) is 0 Å². The van der Waals surface area contributed by atoms with Gasteiger partial charge in [-0.05, 0) is 12.1 Å². The number of hydrogen-bond acceptors (Lipinski definition) is 5. The van der Waals surface area contributed by atoms with Crippen molar-refractivity contribution in [2.45, 2.75) is 12.8 Å². The predicted octanol–water partition coefficient (Wildman–Crippen LogP) is 0.648. The Balaban J connectivity index is 1.96. The van der Waals surface area contributed by atoms with Crippen LogP contribution in [-0.4, -0.2) is 40.5 Å². The first-order valence-electron chi connectivity index (χ1n) is 5.83. The molecule has 0 saturated carbocycles. The molecule has 7 heteroatoms. The van der Waals surface area contributed by atoms with E-state index in [4.69, 9.17) is 9.84 Å². The monoisotopic (exact) mass is 277 g/mol. The molecule has 1 heterocycles. The van der Waals surface area contributed by atoms with Gasteiger partial charge in [0.1, 0.15) is 0 Å². The maximum atomic E-state index is 11.9. The van der Waals surface area contributed by atoms with Gasteiger partial charge in [0.05, 0.1) is 24.0 Å². The van der Waals surface area contributed by atoms with Crippen LogP contribution in [0.15, 0.2) is 24.3 Å². The summed E-state index contributed by atoms with van der Waals surface area (Å²) in [4.78, 5) is 46.2. The van der Waals surface area contributed by atoms with Gasteiger partial charge in [0.2, 0.25) is 0 Å². The van der Waals surface area contributed by atoms with Crippen LogP contribution in [0.25, 0.3) is 0 Å². The third-order valence-electron chi connectivity index (χ3n) is 2.78. The van der Waals surface area contributed by atoms with E-state index in [2.05, 4.69) is 0 Å². The molecule has 1 aromatic carbocycles. The molecule has 0 unspecified atom stereocenters. The lowest BCUT2D eigenvalue weighted by atomic mass is 10.1. The van der Waals surface area contributed by atoms with Crippen molar-refractivity contribution in [2.75, 3.05) is 6.73 Å². The molecular formula is C13H11NO6. The van der Waals surface area contributed by atoms with E-state index in [0.717, 1.165) is 4.90 Å². The number of esters is 1. The van der Waals surface area contributed by atoms with E-state index < -0.39 is 30.5 Å². The van der Waals surface area contributed by atoms with Crippen molar-refractivity contribution < 1.29 is 29.0 Å². The molecule has 20 heavy (non-hydrogen) atoms. The molecule has 1 N–H and O–H groups in total. The van der Waals surface area contributed by atoms with Crippen molar-refractivity contribution in [1.29, 1.82) is 0 Å². The Morgan fingerprint density at radius 1 is 1.05 bits per heavy atom. The minimum Gasteiger partial charge on any atom is -0.481 e. The van der Waals surface area contributed by atoms with Crippen LogP contribution in [0.1, 0.15) is 33.6 Å². The molecule has 0 spiro atoms. The van der Waals surface area contributed by atoms with Gasteiger partial charge < -0.3 is 9.84 Å². The number of carbonyl (C=O) groups excluding carboxylic acids is 3. The second-order valence-electron chi connectivity index (χ2n) is 4.12. The number of aliphatic carboxylic acids is 1. The Kier molecular flexibility index (Phi) is 3.79. The molecule has 7 nitrogen and oxygen atoms in total. The van der Waals surface area contributed by atoms with Crippen molar-refractivity contribution in [3.8, 4) is 0 Å². The average Bonchev–Trinajstić information content (AvgIpc) is 2.67. The molecule has 0 fully saturated rings. The van der Waals surface area contributed by atoms with Gasteiger partial charge in [-0.2, -0.15) is 0 Å². The van der Waals surface area contributed by atoms with Crippen molar-refractivity contribution in [3.05, 3.63) is 35.4 Å². The van der Waals surface area contributed by atoms with Gasteiger partial charge in [-0.25, -0.2) is 4.90 Å². The number of fused-ring (bicyclic) bond motifs is 1. The highest BCUT2D eigenvalue weighted by atomic mass is 16.5. The number of rotatable bonds is 5. The van der Waals surface area contributed by atoms with Gasteiger partial charge in [0.15, 0.2) is 6.73 Å². The van der Waals surface area contributed by atoms with E-state index in [9.17, 15) is 19.2 Å². The Morgan fingerprint density at radius 3 is 2.10 bits per heavy atom. The fourth-order valence-corrected chi connectivity index (χ4v) is 1.77. The van der Waals surface area contributed by atoms with Crippen LogP contribution in [0.2, 0.25) is 0 Å². The van der Waals surface area contributed by atoms with Crippen LogP contribution in [0.4, 0.5) is 0 Å². The summed E-state index contributed by atoms with van der Waals surface area (Å²) in [7, 11) is 0. The second kappa shape index (κ2) is 5.52. The van der Waals surface area contributed by atoms with E-state index in [0.29, 0.717) is 0 Å². The molecule has 0 aliphatic carbocycles. The third-order valence-corrected chi connectivity index (χ3v) is 2.78. The molecule has 1 aliphatic heterocycles. The van der Waals surface area contributed by atoms with Gasteiger partial charge >= 0.3 is 11.9 Å². The summed E-state index contributed by atoms with van der Waals surface area (Å²) in [5, 5.41) is 8.42. The Morgan fingerprint density at radius 2 is 1.60 bits per heavy atom. The minimum atomic E-state index is -1.12. The Bertz CT molecular complexity index is 559. The lowest BCUT2D eigenvalue weighted by Gasteiger charge is -2.13. The fourth-order valence-electron chi connectivity index (χ4n) is 1.77. The van der Waals surface area contributed by atoms with Gasteiger partial charge in [-0.3, -0.25) is 19.2 Å². The van der Waals surface area contributed by atoms with Crippen LogP contribution in [-0.2, 0) is 14.3 Å². The van der Waals surface area contributed by atoms with Gasteiger partial charge in [-0.15, -0.1) is 0 Å². The lowest BCUT2D eigenvalue weighted by molar-refractivity contribution is -0.149. The topological polar surface area (TPSA) is 101 Å². The van der Waals surface area contributed by atoms with Crippen LogP contribution in [0, 0.1) is 0 Å². The van der Waals surface area contributed by atoms with Crippen molar-refractivity contribution in [1.82, 2.24) is 4.90 Å². The Hall–Kier alpha value is -2.70. The molecule has 2 amide bonds. The summed E-state index contributed by atoms with van der Waals surface area (Å²) in [6, 6.07) is 6.29. The SMILES string of the molecule is O=C(O)CCC(=O)OCN1C(=O)c2ccccc2C1=O. The normalized spacial score (nSPS) is 13.3. The summed E-state index contributed by atoms with van der Waals surface area (Å²) in [5.41, 5.74) is 0.526. The minimum absolute atomic E-state index is 0.263. The maximum Gasteiger partial charge on any atom is 0.308 e. The van der Waals surface area contributed by atoms with Gasteiger partial charge in [-0.1, -0.05) is 12.1 Å². The predicted molar refractivity (Wildman–Crippen MR) is 64.8 cm³/mol. The van der Waals surface area contributed by atoms with Crippen LogP contribution in [0.5, 0.6) is 0 Å². The summed E-state index contributed by atoms with van der Waals surface area (Å²) in [6.45, 7) is -0.509. The number of imide groups is 1. The maximum absolute atomic E-state index is 11.9. The van der Waals surface area contributed by atoms with Crippen LogP contribution < -0.4 is 0 Å². The molecule has 0 aromatic heterocycles. The lowest BCUT2D eigenvalue weighted by Crippen LogP contribution is -2.33. The van der Waals surface area contributed by atoms with Gasteiger partial charge in [0, 0.05) is 0 Å². The highest BCUT2D eigenvalue weighted by molar-refractivity contribution is 6.21. The van der Waals surface area contributed by atoms with Crippen molar-refractivity contribution >= 4 is 23.8 Å². The molecule has 0 bridgehead atoms. The van der Waals surface area contributed by atoms with E-state index >= 15 is 0 Å². The quantitative estimate of drug-likeness (QED) is 0.626. The highest BCUT2D eigenvalue weighted by Crippen LogP contribution is 2.22. The summed E-state index contributed by atoms with van der Waals surface area (Å²) in [6.07, 6.45) is -0.667. The second-order valence-corrected chi connectivity index (χ2v) is 4.12. The molecule has 104 valence electrons. The molecule has 2 rings (SSSR count). The third kappa shape index (κ3) is 2.66. The average molecular weight is 277 g/mol. The van der Waals surface area contributed by atoms with E-state index in [1.807, 2.05) is 0 Å². The van der Waals surface area contributed by atoms with Gasteiger partial charge in [0.25, 0.3) is 11.8 Å². The van der Waals surface area contributed by atoms with Crippen molar-refractivity contribution in [3.63, 3.8) is 0 Å². The molecule has 0 saturated heterocycles. The summed E-state index contributed by atoms with van der Waals surface area (Å²) < 4.78 is 4.73. The summed E-state index contributed by atoms with van der Waals surface area (Å²) >= 11 is 0. The molecule has 1 aromatic rings. The number of nitrogens with zero attached hydrogens (tertiary/aromatic N) is 1. The fraction of sp³-hybridized carbons (Fsp3) is 0.231. The zero-order valence-electron chi connectivity index (χ0n) is 10.4. The number of ether oxygens (including phenoxy) is 1. The largest absolute Gasteiger partial charge is 0.481 e. The zero-order valence-corrected chi connectivity index (χ0v) is 10.4. The first kappa shape index (κ1) is 13.7. The number of hydrogen-bond donors (Lipinski definition) is 1. The first-order valence-corrected chi connectivity index (χ1v) is 5.83. The number of benzene rings is 1. The Labute approximate surface area is 113 Å². The summed E-state index contributed by atoms with van der Waals surface area (Å²) in [5.74, 6) is -2.96. The van der Waals surface area contributed by atoms with Crippen LogP contribution >= 0.6 is 0 Å². The van der Waals surface area contributed by atoms with E-state index in [1.165, 1.54) is 12.1 Å². The highest BCUT2D eigenvalue weighted by Gasteiger charge is 2.35. The molecule has 0 radical (unpaired) electrons. The van der Waals surface area contributed by atoms with E-state index in [1.54, 1.807) is 12.1 Å². The number of carboxylic acids is 1. The molecule has 1 aliphatic rings. The number of amides is 2. The zero-order chi connectivity index (χ0) is 14.7. The molecular weight excluding hydrogens is 266 g/mol.